The number of aromatic nitrogens is 2. The second-order valence-corrected chi connectivity index (χ2v) is 7.17. The Balaban J connectivity index is 1.56. The number of nitrogens with zero attached hydrogens (tertiary/aromatic N) is 4. The molecule has 1 N–H and O–H groups in total. The number of carbonyl (C=O) groups is 1. The maximum Gasteiger partial charge on any atom is 0.354 e. The Morgan fingerprint density at radius 1 is 1.29 bits per heavy atom. The van der Waals surface area contributed by atoms with Gasteiger partial charge in [0.05, 0.1) is 12.7 Å². The fourth-order valence-electron chi connectivity index (χ4n) is 3.77. The minimum atomic E-state index is -1.03. The zero-order valence-corrected chi connectivity index (χ0v) is 15.8. The van der Waals surface area contributed by atoms with E-state index in [0.29, 0.717) is 45.0 Å². The largest absolute Gasteiger partial charge is 0.477 e. The summed E-state index contributed by atoms with van der Waals surface area (Å²) < 4.78 is 20.0. The van der Waals surface area contributed by atoms with Crippen molar-refractivity contribution in [2.24, 2.45) is 0 Å². The number of fused-ring (bicyclic) bond motifs is 1. The van der Waals surface area contributed by atoms with Gasteiger partial charge in [0.25, 0.3) is 0 Å². The number of halogens is 1. The molecule has 1 atom stereocenters. The van der Waals surface area contributed by atoms with Gasteiger partial charge in [-0.3, -0.25) is 0 Å². The summed E-state index contributed by atoms with van der Waals surface area (Å²) in [6.45, 7) is 5.33. The predicted octanol–water partition coefficient (Wildman–Crippen LogP) is 2.49. The maximum absolute atomic E-state index is 14.3. The summed E-state index contributed by atoms with van der Waals surface area (Å²) in [6, 6.07) is 5.00. The van der Waals surface area contributed by atoms with Crippen LogP contribution in [0.5, 0.6) is 0 Å². The Morgan fingerprint density at radius 2 is 2.14 bits per heavy atom. The van der Waals surface area contributed by atoms with Crippen LogP contribution >= 0.6 is 0 Å². The third-order valence-corrected chi connectivity index (χ3v) is 5.36. The Labute approximate surface area is 162 Å². The summed E-state index contributed by atoms with van der Waals surface area (Å²) in [7, 11) is 0. The molecule has 8 heteroatoms. The van der Waals surface area contributed by atoms with Gasteiger partial charge in [-0.05, 0) is 30.0 Å². The maximum atomic E-state index is 14.3. The molecule has 2 aliphatic rings. The van der Waals surface area contributed by atoms with Gasteiger partial charge in [-0.2, -0.15) is 4.39 Å². The van der Waals surface area contributed by atoms with Crippen molar-refractivity contribution in [1.29, 1.82) is 0 Å². The third-order valence-electron chi connectivity index (χ3n) is 5.36. The second-order valence-electron chi connectivity index (χ2n) is 7.17. The van der Waals surface area contributed by atoms with E-state index in [0.717, 1.165) is 23.2 Å². The van der Waals surface area contributed by atoms with E-state index in [-0.39, 0.29) is 11.8 Å². The molecule has 4 heterocycles. The van der Waals surface area contributed by atoms with E-state index in [2.05, 4.69) is 26.7 Å². The average Bonchev–Trinajstić information content (AvgIpc) is 2.72. The lowest BCUT2D eigenvalue weighted by Crippen LogP contribution is -2.42. The minimum absolute atomic E-state index is 0.0576. The van der Waals surface area contributed by atoms with Crippen molar-refractivity contribution < 1.29 is 19.0 Å². The number of carboxylic acids is 1. The van der Waals surface area contributed by atoms with Gasteiger partial charge in [-0.15, -0.1) is 0 Å². The molecule has 1 saturated heterocycles. The highest BCUT2D eigenvalue weighted by molar-refractivity contribution is 5.85. The second kappa shape index (κ2) is 7.71. The van der Waals surface area contributed by atoms with E-state index < -0.39 is 11.9 Å². The van der Waals surface area contributed by atoms with Gasteiger partial charge in [0.1, 0.15) is 11.5 Å². The number of hydrogen-bond acceptors (Lipinski definition) is 6. The highest BCUT2D eigenvalue weighted by Gasteiger charge is 2.23. The molecule has 7 nitrogen and oxygen atoms in total. The molecule has 1 unspecified atom stereocenters. The molecule has 148 valence electrons. The zero-order valence-electron chi connectivity index (χ0n) is 15.8. The Morgan fingerprint density at radius 3 is 2.93 bits per heavy atom. The molecule has 0 spiro atoms. The van der Waals surface area contributed by atoms with Crippen LogP contribution in [-0.2, 0) is 17.7 Å². The van der Waals surface area contributed by atoms with Crippen molar-refractivity contribution in [2.75, 3.05) is 36.0 Å². The number of hydrogen-bond donors (Lipinski definition) is 1. The van der Waals surface area contributed by atoms with Gasteiger partial charge >= 0.3 is 5.97 Å². The first-order valence-corrected chi connectivity index (χ1v) is 9.53. The highest BCUT2D eigenvalue weighted by Crippen LogP contribution is 2.28. The van der Waals surface area contributed by atoms with E-state index in [1.54, 1.807) is 12.3 Å². The van der Waals surface area contributed by atoms with Crippen molar-refractivity contribution >= 4 is 17.5 Å². The molecular formula is C20H23FN4O3. The van der Waals surface area contributed by atoms with Crippen molar-refractivity contribution in [1.82, 2.24) is 9.97 Å². The zero-order chi connectivity index (χ0) is 19.7. The third kappa shape index (κ3) is 3.77. The van der Waals surface area contributed by atoms with Crippen LogP contribution in [0.25, 0.3) is 0 Å². The molecule has 28 heavy (non-hydrogen) atoms. The van der Waals surface area contributed by atoms with E-state index in [1.165, 1.54) is 6.07 Å². The molecule has 0 amide bonds. The van der Waals surface area contributed by atoms with E-state index in [9.17, 15) is 9.18 Å². The normalized spacial score (nSPS) is 19.4. The summed E-state index contributed by atoms with van der Waals surface area (Å²) in [6.07, 6.45) is 3.34. The monoisotopic (exact) mass is 386 g/mol. The lowest BCUT2D eigenvalue weighted by molar-refractivity contribution is 0.0381. The Kier molecular flexibility index (Phi) is 5.13. The van der Waals surface area contributed by atoms with Crippen LogP contribution in [0.15, 0.2) is 24.4 Å². The van der Waals surface area contributed by atoms with Crippen LogP contribution in [0.1, 0.15) is 35.0 Å². The van der Waals surface area contributed by atoms with Crippen molar-refractivity contribution in [2.45, 2.75) is 32.4 Å². The first kappa shape index (κ1) is 18.6. The molecular weight excluding hydrogens is 363 g/mol. The molecule has 2 aliphatic heterocycles. The lowest BCUT2D eigenvalue weighted by Gasteiger charge is -2.35. The van der Waals surface area contributed by atoms with Crippen LogP contribution in [0, 0.1) is 5.95 Å². The first-order chi connectivity index (χ1) is 13.5. The van der Waals surface area contributed by atoms with Crippen LogP contribution < -0.4 is 9.80 Å². The summed E-state index contributed by atoms with van der Waals surface area (Å²) in [5.41, 5.74) is 2.78. The number of morpholine rings is 1. The number of aromatic carboxylic acids is 1. The molecule has 0 bridgehead atoms. The van der Waals surface area contributed by atoms with Gasteiger partial charge in [-0.1, -0.05) is 6.92 Å². The topological polar surface area (TPSA) is 78.8 Å². The number of anilines is 2. The van der Waals surface area contributed by atoms with E-state index in [1.807, 2.05) is 6.07 Å². The SMILES string of the molecule is CCC1CN(c2cc(N3CCc4cc(C(=O)O)ncc4C3)cc(F)n2)CCO1. The van der Waals surface area contributed by atoms with Gasteiger partial charge in [0, 0.05) is 50.2 Å². The molecule has 0 saturated carbocycles. The predicted molar refractivity (Wildman–Crippen MR) is 102 cm³/mol. The van der Waals surface area contributed by atoms with Crippen LogP contribution in [0.4, 0.5) is 15.9 Å². The number of pyridine rings is 2. The number of ether oxygens (including phenoxy) is 1. The van der Waals surface area contributed by atoms with Crippen LogP contribution in [0.3, 0.4) is 0 Å². The van der Waals surface area contributed by atoms with E-state index in [4.69, 9.17) is 9.84 Å². The molecule has 2 aromatic heterocycles. The standard InChI is InChI=1S/C20H23FN4O3/c1-2-16-12-25(5-6-28-16)19-9-15(8-18(21)23-19)24-4-3-13-7-17(20(26)27)22-10-14(13)11-24/h7-10,16H,2-6,11-12H2,1H3,(H,26,27). The molecule has 0 aliphatic carbocycles. The van der Waals surface area contributed by atoms with Crippen LogP contribution in [0.2, 0.25) is 0 Å². The van der Waals surface area contributed by atoms with Crippen molar-refractivity contribution in [3.05, 3.63) is 47.2 Å². The van der Waals surface area contributed by atoms with Gasteiger partial charge in [-0.25, -0.2) is 14.8 Å². The first-order valence-electron chi connectivity index (χ1n) is 9.53. The molecule has 2 aromatic rings. The smallest absolute Gasteiger partial charge is 0.354 e. The Bertz CT molecular complexity index is 892. The van der Waals surface area contributed by atoms with E-state index >= 15 is 0 Å². The molecule has 0 radical (unpaired) electrons. The summed E-state index contributed by atoms with van der Waals surface area (Å²) >= 11 is 0. The fraction of sp³-hybridized carbons (Fsp3) is 0.450. The average molecular weight is 386 g/mol. The number of carboxylic acid groups (broad SMARTS) is 1. The summed E-state index contributed by atoms with van der Waals surface area (Å²) in [4.78, 5) is 23.4. The highest BCUT2D eigenvalue weighted by atomic mass is 19.1. The fourth-order valence-corrected chi connectivity index (χ4v) is 3.77. The molecule has 1 fully saturated rings. The van der Waals surface area contributed by atoms with Gasteiger partial charge < -0.3 is 19.6 Å². The van der Waals surface area contributed by atoms with Gasteiger partial charge in [0.15, 0.2) is 0 Å². The minimum Gasteiger partial charge on any atom is -0.477 e. The number of rotatable bonds is 4. The van der Waals surface area contributed by atoms with Crippen LogP contribution in [-0.4, -0.2) is 53.4 Å². The van der Waals surface area contributed by atoms with Gasteiger partial charge in [0.2, 0.25) is 5.95 Å². The van der Waals surface area contributed by atoms with Crippen molar-refractivity contribution in [3.8, 4) is 0 Å². The molecule has 0 aromatic carbocycles. The molecule has 4 rings (SSSR count). The summed E-state index contributed by atoms with van der Waals surface area (Å²) in [5.74, 6) is -0.902. The van der Waals surface area contributed by atoms with Crippen molar-refractivity contribution in [3.63, 3.8) is 0 Å². The summed E-state index contributed by atoms with van der Waals surface area (Å²) in [5, 5.41) is 9.10. The Hall–Kier alpha value is -2.74. The lowest BCUT2D eigenvalue weighted by atomic mass is 10.0. The quantitative estimate of drug-likeness (QED) is 0.809.